The molecule has 0 saturated heterocycles. The molecule has 0 atom stereocenters. The summed E-state index contributed by atoms with van der Waals surface area (Å²) in [6.07, 6.45) is 4.03. The smallest absolute Gasteiger partial charge is 0.193 e. The molecule has 0 saturated carbocycles. The molecule has 0 fully saturated rings. The molecule has 0 radical (unpaired) electrons. The van der Waals surface area contributed by atoms with Gasteiger partial charge in [0, 0.05) is 35.3 Å². The molecule has 0 aromatic carbocycles. The number of hydrogen-bond acceptors (Lipinski definition) is 6. The molecular weight excluding hydrogens is 266 g/mol. The minimum absolute atomic E-state index is 0.510. The number of fused-ring (bicyclic) bond motifs is 1. The van der Waals surface area contributed by atoms with Crippen LogP contribution in [0.2, 0.25) is 0 Å². The van der Waals surface area contributed by atoms with E-state index in [1.807, 2.05) is 29.1 Å². The maximum Gasteiger partial charge on any atom is 0.193 e. The molecule has 7 heteroatoms. The first-order chi connectivity index (χ1) is 8.70. The Bertz CT molecular complexity index is 639. The number of rotatable bonds is 3. The maximum atomic E-state index is 5.69. The van der Waals surface area contributed by atoms with Crippen LogP contribution in [0, 0.1) is 6.92 Å². The first kappa shape index (κ1) is 11.5. The zero-order valence-corrected chi connectivity index (χ0v) is 11.3. The molecule has 0 aliphatic heterocycles. The number of anilines is 1. The van der Waals surface area contributed by atoms with E-state index in [1.165, 1.54) is 0 Å². The van der Waals surface area contributed by atoms with Crippen molar-refractivity contribution in [2.75, 3.05) is 5.73 Å². The Morgan fingerprint density at radius 3 is 3.06 bits per heavy atom. The van der Waals surface area contributed by atoms with Crippen LogP contribution in [-0.2, 0) is 5.75 Å². The number of aromatic nitrogens is 4. The lowest BCUT2D eigenvalue weighted by molar-refractivity contribution is 0.939. The number of nitrogen functional groups attached to an aromatic ring is 1. The number of nitrogens with two attached hydrogens (primary N) is 1. The zero-order valence-electron chi connectivity index (χ0n) is 9.70. The van der Waals surface area contributed by atoms with Crippen LogP contribution in [0.5, 0.6) is 0 Å². The van der Waals surface area contributed by atoms with Gasteiger partial charge in [-0.3, -0.25) is 4.40 Å². The average Bonchev–Trinajstić information content (AvgIpc) is 2.84. The van der Waals surface area contributed by atoms with Crippen molar-refractivity contribution in [3.8, 4) is 0 Å². The largest absolute Gasteiger partial charge is 0.384 e. The van der Waals surface area contributed by atoms with Crippen LogP contribution in [0.15, 0.2) is 29.0 Å². The third-order valence-electron chi connectivity index (χ3n) is 2.35. The van der Waals surface area contributed by atoms with Crippen molar-refractivity contribution in [1.29, 1.82) is 0 Å². The Morgan fingerprint density at radius 2 is 2.28 bits per heavy atom. The fourth-order valence-corrected chi connectivity index (χ4v) is 3.13. The van der Waals surface area contributed by atoms with Crippen LogP contribution >= 0.6 is 23.1 Å². The average molecular weight is 277 g/mol. The molecule has 3 aromatic rings. The molecule has 0 amide bonds. The molecule has 0 aliphatic carbocycles. The Labute approximate surface area is 112 Å². The van der Waals surface area contributed by atoms with E-state index in [4.69, 9.17) is 5.73 Å². The summed E-state index contributed by atoms with van der Waals surface area (Å²) < 4.78 is 2.02. The highest BCUT2D eigenvalue weighted by molar-refractivity contribution is 7.98. The molecule has 0 spiro atoms. The van der Waals surface area contributed by atoms with Gasteiger partial charge in [-0.1, -0.05) is 11.8 Å². The van der Waals surface area contributed by atoms with Gasteiger partial charge in [0.2, 0.25) is 0 Å². The third kappa shape index (κ3) is 2.32. The maximum absolute atomic E-state index is 5.69. The van der Waals surface area contributed by atoms with Gasteiger partial charge < -0.3 is 5.73 Å². The predicted molar refractivity (Wildman–Crippen MR) is 73.8 cm³/mol. The van der Waals surface area contributed by atoms with E-state index in [-0.39, 0.29) is 0 Å². The fraction of sp³-hybridized carbons (Fsp3) is 0.182. The highest BCUT2D eigenvalue weighted by Crippen LogP contribution is 2.21. The highest BCUT2D eigenvalue weighted by Gasteiger charge is 2.05. The van der Waals surface area contributed by atoms with Gasteiger partial charge in [-0.15, -0.1) is 11.3 Å². The Hall–Kier alpha value is -1.60. The predicted octanol–water partition coefficient (Wildman–Crippen LogP) is 2.37. The Balaban J connectivity index is 1.75. The summed E-state index contributed by atoms with van der Waals surface area (Å²) in [5.74, 6) is 1.26. The van der Waals surface area contributed by atoms with Crippen molar-refractivity contribution in [1.82, 2.24) is 19.4 Å². The number of thioether (sulfide) groups is 1. The highest BCUT2D eigenvalue weighted by atomic mass is 32.2. The van der Waals surface area contributed by atoms with Crippen molar-refractivity contribution >= 4 is 33.9 Å². The zero-order chi connectivity index (χ0) is 12.5. The minimum Gasteiger partial charge on any atom is -0.384 e. The molecule has 3 heterocycles. The second kappa shape index (κ2) is 4.58. The van der Waals surface area contributed by atoms with E-state index in [1.54, 1.807) is 29.2 Å². The number of hydrogen-bond donors (Lipinski definition) is 1. The molecule has 2 N–H and O–H groups in total. The van der Waals surface area contributed by atoms with Crippen molar-refractivity contribution in [3.05, 3.63) is 35.2 Å². The number of aryl methyl sites for hydroxylation is 1. The van der Waals surface area contributed by atoms with E-state index in [0.29, 0.717) is 11.0 Å². The van der Waals surface area contributed by atoms with Gasteiger partial charge >= 0.3 is 0 Å². The molecule has 0 aliphatic rings. The molecule has 3 rings (SSSR count). The lowest BCUT2D eigenvalue weighted by Gasteiger charge is -2.00. The second-order valence-corrected chi connectivity index (χ2v) is 5.65. The van der Waals surface area contributed by atoms with Crippen LogP contribution < -0.4 is 5.73 Å². The van der Waals surface area contributed by atoms with Crippen molar-refractivity contribution in [2.24, 2.45) is 0 Å². The summed E-state index contributed by atoms with van der Waals surface area (Å²) in [7, 11) is 0. The summed E-state index contributed by atoms with van der Waals surface area (Å²) in [6, 6.07) is 1.76. The summed E-state index contributed by atoms with van der Waals surface area (Å²) in [5, 5.41) is 2.72. The van der Waals surface area contributed by atoms with E-state index < -0.39 is 0 Å². The number of imidazole rings is 1. The summed E-state index contributed by atoms with van der Waals surface area (Å²) >= 11 is 3.17. The first-order valence-electron chi connectivity index (χ1n) is 5.36. The van der Waals surface area contributed by atoms with Crippen LogP contribution in [0.1, 0.15) is 11.4 Å². The number of thiazole rings is 1. The molecule has 92 valence electrons. The van der Waals surface area contributed by atoms with Gasteiger partial charge in [0.15, 0.2) is 10.1 Å². The van der Waals surface area contributed by atoms with Gasteiger partial charge in [-0.25, -0.2) is 15.0 Å². The summed E-state index contributed by atoms with van der Waals surface area (Å²) in [6.45, 7) is 1.91. The molecular formula is C11H11N5S2. The monoisotopic (exact) mass is 277 g/mol. The normalized spacial score (nSPS) is 11.2. The summed E-state index contributed by atoms with van der Waals surface area (Å²) in [4.78, 5) is 14.0. The minimum atomic E-state index is 0.510. The second-order valence-electron chi connectivity index (χ2n) is 3.83. The van der Waals surface area contributed by atoms with Gasteiger partial charge in [-0.2, -0.15) is 0 Å². The van der Waals surface area contributed by atoms with Crippen LogP contribution in [0.4, 0.5) is 5.82 Å². The molecule has 18 heavy (non-hydrogen) atoms. The molecule has 0 unspecified atom stereocenters. The lowest BCUT2D eigenvalue weighted by atomic mass is 10.4. The first-order valence-corrected chi connectivity index (χ1v) is 7.22. The summed E-state index contributed by atoms with van der Waals surface area (Å²) in [5.41, 5.74) is 7.60. The Kier molecular flexibility index (Phi) is 2.92. The van der Waals surface area contributed by atoms with Gasteiger partial charge in [0.05, 0.1) is 5.69 Å². The standard InChI is InChI=1S/C11H11N5S2/c1-7-4-9(12)15-10(13-7)18-6-8-5-16-2-3-17-11(16)14-8/h2-5H,6H2,1H3,(H2,12,13,15). The van der Waals surface area contributed by atoms with Crippen molar-refractivity contribution in [3.63, 3.8) is 0 Å². The quantitative estimate of drug-likeness (QED) is 0.588. The Morgan fingerprint density at radius 1 is 1.39 bits per heavy atom. The molecule has 5 nitrogen and oxygen atoms in total. The third-order valence-corrected chi connectivity index (χ3v) is 4.00. The SMILES string of the molecule is Cc1cc(N)nc(SCc2cn3ccsc3n2)n1. The lowest BCUT2D eigenvalue weighted by Crippen LogP contribution is -1.96. The van der Waals surface area contributed by atoms with Gasteiger partial charge in [-0.05, 0) is 6.92 Å². The van der Waals surface area contributed by atoms with Crippen molar-refractivity contribution < 1.29 is 0 Å². The van der Waals surface area contributed by atoms with E-state index >= 15 is 0 Å². The van der Waals surface area contributed by atoms with Crippen LogP contribution in [0.3, 0.4) is 0 Å². The van der Waals surface area contributed by atoms with E-state index in [0.717, 1.165) is 22.1 Å². The fourth-order valence-electron chi connectivity index (χ4n) is 1.61. The van der Waals surface area contributed by atoms with Crippen LogP contribution in [-0.4, -0.2) is 19.4 Å². The number of nitrogens with zero attached hydrogens (tertiary/aromatic N) is 4. The molecule has 3 aromatic heterocycles. The van der Waals surface area contributed by atoms with Gasteiger partial charge in [0.25, 0.3) is 0 Å². The molecule has 0 bridgehead atoms. The van der Waals surface area contributed by atoms with Crippen LogP contribution in [0.25, 0.3) is 4.96 Å². The van der Waals surface area contributed by atoms with Crippen molar-refractivity contribution in [2.45, 2.75) is 17.8 Å². The van der Waals surface area contributed by atoms with E-state index in [2.05, 4.69) is 15.0 Å². The topological polar surface area (TPSA) is 69.1 Å². The van der Waals surface area contributed by atoms with Gasteiger partial charge in [0.1, 0.15) is 5.82 Å². The van der Waals surface area contributed by atoms with E-state index in [9.17, 15) is 0 Å².